The van der Waals surface area contributed by atoms with Crippen LogP contribution in [0.5, 0.6) is 0 Å². The molecule has 2 aromatic rings. The van der Waals surface area contributed by atoms with Gasteiger partial charge in [0.15, 0.2) is 5.69 Å². The van der Waals surface area contributed by atoms with Crippen LogP contribution in [0.15, 0.2) is 24.4 Å². The van der Waals surface area contributed by atoms with Crippen LogP contribution in [0.25, 0.3) is 5.52 Å². The van der Waals surface area contributed by atoms with Gasteiger partial charge in [-0.3, -0.25) is 4.79 Å². The number of aliphatic carboxylic acids is 1. The van der Waals surface area contributed by atoms with Crippen molar-refractivity contribution in [3.05, 3.63) is 35.9 Å². The van der Waals surface area contributed by atoms with E-state index in [0.717, 1.165) is 0 Å². The van der Waals surface area contributed by atoms with Crippen LogP contribution in [0, 0.1) is 5.92 Å². The molecular formula is C12H12N2O4. The molecule has 0 radical (unpaired) electrons. The fraction of sp³-hybridized carbons (Fsp3) is 0.250. The fourth-order valence-corrected chi connectivity index (χ4v) is 1.76. The molecule has 2 N–H and O–H groups in total. The number of nitrogens with zero attached hydrogens (tertiary/aromatic N) is 2. The van der Waals surface area contributed by atoms with Crippen molar-refractivity contribution in [1.82, 2.24) is 9.38 Å². The second-order valence-corrected chi connectivity index (χ2v) is 4.08. The van der Waals surface area contributed by atoms with Crippen molar-refractivity contribution >= 4 is 17.5 Å². The quantitative estimate of drug-likeness (QED) is 0.850. The molecule has 94 valence electrons. The largest absolute Gasteiger partial charge is 0.481 e. The maximum atomic E-state index is 11.1. The SMILES string of the molecule is CC(Cc1nc(C(=O)O)c2ccccn12)C(=O)O. The molecule has 6 nitrogen and oxygen atoms in total. The zero-order valence-electron chi connectivity index (χ0n) is 9.70. The molecule has 0 aliphatic rings. The summed E-state index contributed by atoms with van der Waals surface area (Å²) >= 11 is 0. The van der Waals surface area contributed by atoms with E-state index in [1.54, 1.807) is 35.7 Å². The van der Waals surface area contributed by atoms with Crippen molar-refractivity contribution in [2.45, 2.75) is 13.3 Å². The Kier molecular flexibility index (Phi) is 3.01. The van der Waals surface area contributed by atoms with E-state index in [-0.39, 0.29) is 12.1 Å². The summed E-state index contributed by atoms with van der Waals surface area (Å²) in [4.78, 5) is 25.9. The summed E-state index contributed by atoms with van der Waals surface area (Å²) < 4.78 is 1.61. The van der Waals surface area contributed by atoms with Gasteiger partial charge in [0.05, 0.1) is 11.4 Å². The monoisotopic (exact) mass is 248 g/mol. The Morgan fingerprint density at radius 3 is 2.72 bits per heavy atom. The van der Waals surface area contributed by atoms with E-state index in [2.05, 4.69) is 4.98 Å². The van der Waals surface area contributed by atoms with Gasteiger partial charge in [0.2, 0.25) is 0 Å². The highest BCUT2D eigenvalue weighted by Gasteiger charge is 2.20. The molecule has 0 saturated heterocycles. The zero-order valence-corrected chi connectivity index (χ0v) is 9.70. The van der Waals surface area contributed by atoms with E-state index >= 15 is 0 Å². The van der Waals surface area contributed by atoms with Gasteiger partial charge in [-0.05, 0) is 12.1 Å². The molecule has 2 heterocycles. The van der Waals surface area contributed by atoms with E-state index in [1.165, 1.54) is 0 Å². The molecule has 1 atom stereocenters. The Balaban J connectivity index is 2.51. The van der Waals surface area contributed by atoms with Gasteiger partial charge in [0.25, 0.3) is 0 Å². The number of carboxylic acid groups (broad SMARTS) is 2. The molecule has 0 aromatic carbocycles. The van der Waals surface area contributed by atoms with Crippen molar-refractivity contribution in [3.63, 3.8) is 0 Å². The summed E-state index contributed by atoms with van der Waals surface area (Å²) in [6.07, 6.45) is 1.87. The highest BCUT2D eigenvalue weighted by molar-refractivity contribution is 5.93. The van der Waals surface area contributed by atoms with Crippen LogP contribution < -0.4 is 0 Å². The maximum absolute atomic E-state index is 11.1. The highest BCUT2D eigenvalue weighted by Crippen LogP contribution is 2.16. The highest BCUT2D eigenvalue weighted by atomic mass is 16.4. The predicted molar refractivity (Wildman–Crippen MR) is 62.7 cm³/mol. The summed E-state index contributed by atoms with van der Waals surface area (Å²) in [6, 6.07) is 5.11. The molecule has 18 heavy (non-hydrogen) atoms. The number of fused-ring (bicyclic) bond motifs is 1. The van der Waals surface area contributed by atoms with Crippen molar-refractivity contribution in [3.8, 4) is 0 Å². The molecule has 0 bridgehead atoms. The third kappa shape index (κ3) is 2.04. The number of pyridine rings is 1. The van der Waals surface area contributed by atoms with E-state index < -0.39 is 17.9 Å². The average molecular weight is 248 g/mol. The molecule has 0 aliphatic heterocycles. The first kappa shape index (κ1) is 12.1. The standard InChI is InChI=1S/C12H12N2O4/c1-7(11(15)16)6-9-13-10(12(17)18)8-4-2-3-5-14(8)9/h2-5,7H,6H2,1H3,(H,15,16)(H,17,18). The second-order valence-electron chi connectivity index (χ2n) is 4.08. The molecule has 6 heteroatoms. The van der Waals surface area contributed by atoms with Crippen LogP contribution >= 0.6 is 0 Å². The smallest absolute Gasteiger partial charge is 0.356 e. The molecule has 0 spiro atoms. The van der Waals surface area contributed by atoms with Gasteiger partial charge in [-0.15, -0.1) is 0 Å². The van der Waals surface area contributed by atoms with Crippen molar-refractivity contribution in [2.24, 2.45) is 5.92 Å². The molecule has 1 unspecified atom stereocenters. The van der Waals surface area contributed by atoms with Crippen LogP contribution in [0.3, 0.4) is 0 Å². The van der Waals surface area contributed by atoms with Gasteiger partial charge >= 0.3 is 11.9 Å². The number of aromatic nitrogens is 2. The maximum Gasteiger partial charge on any atom is 0.356 e. The molecule has 2 rings (SSSR count). The van der Waals surface area contributed by atoms with Crippen LogP contribution in [-0.2, 0) is 11.2 Å². The lowest BCUT2D eigenvalue weighted by molar-refractivity contribution is -0.141. The lowest BCUT2D eigenvalue weighted by Gasteiger charge is -2.04. The summed E-state index contributed by atoms with van der Waals surface area (Å²) in [6.45, 7) is 1.56. The lowest BCUT2D eigenvalue weighted by Crippen LogP contribution is -2.14. The van der Waals surface area contributed by atoms with Crippen molar-refractivity contribution < 1.29 is 19.8 Å². The first-order valence-corrected chi connectivity index (χ1v) is 5.42. The number of carbonyl (C=O) groups is 2. The molecule has 2 aromatic heterocycles. The third-order valence-corrected chi connectivity index (χ3v) is 2.73. The lowest BCUT2D eigenvalue weighted by atomic mass is 10.1. The molecule has 0 fully saturated rings. The number of hydrogen-bond donors (Lipinski definition) is 2. The van der Waals surface area contributed by atoms with Gasteiger partial charge in [-0.25, -0.2) is 9.78 Å². The Morgan fingerprint density at radius 1 is 1.39 bits per heavy atom. The number of imidazole rings is 1. The number of hydrogen-bond acceptors (Lipinski definition) is 3. The Morgan fingerprint density at radius 2 is 2.11 bits per heavy atom. The van der Waals surface area contributed by atoms with Crippen LogP contribution in [-0.4, -0.2) is 31.5 Å². The summed E-state index contributed by atoms with van der Waals surface area (Å²) in [5.74, 6) is -2.22. The van der Waals surface area contributed by atoms with Crippen molar-refractivity contribution in [1.29, 1.82) is 0 Å². The molecule has 0 amide bonds. The first-order chi connectivity index (χ1) is 8.50. The van der Waals surface area contributed by atoms with Gasteiger partial charge in [-0.2, -0.15) is 0 Å². The summed E-state index contributed by atoms with van der Waals surface area (Å²) in [7, 11) is 0. The number of carboxylic acids is 2. The van der Waals surface area contributed by atoms with Gasteiger partial charge < -0.3 is 14.6 Å². The van der Waals surface area contributed by atoms with Gasteiger partial charge in [0, 0.05) is 12.6 Å². The fourth-order valence-electron chi connectivity index (χ4n) is 1.76. The Hall–Kier alpha value is -2.37. The van der Waals surface area contributed by atoms with Crippen molar-refractivity contribution in [2.75, 3.05) is 0 Å². The van der Waals surface area contributed by atoms with E-state index in [4.69, 9.17) is 10.2 Å². The van der Waals surface area contributed by atoms with Crippen LogP contribution in [0.4, 0.5) is 0 Å². The van der Waals surface area contributed by atoms with Crippen LogP contribution in [0.2, 0.25) is 0 Å². The molecule has 0 aliphatic carbocycles. The van der Waals surface area contributed by atoms with E-state index in [1.807, 2.05) is 0 Å². The minimum Gasteiger partial charge on any atom is -0.481 e. The summed E-state index contributed by atoms with van der Waals surface area (Å²) in [5, 5.41) is 17.9. The molecular weight excluding hydrogens is 236 g/mol. The minimum absolute atomic E-state index is 0.0526. The normalized spacial score (nSPS) is 12.5. The van der Waals surface area contributed by atoms with Gasteiger partial charge in [0.1, 0.15) is 5.82 Å². The third-order valence-electron chi connectivity index (χ3n) is 2.73. The molecule has 0 saturated carbocycles. The predicted octanol–water partition coefficient (Wildman–Crippen LogP) is 1.30. The topological polar surface area (TPSA) is 91.9 Å². The van der Waals surface area contributed by atoms with Gasteiger partial charge in [-0.1, -0.05) is 13.0 Å². The Bertz CT molecular complexity index is 618. The number of rotatable bonds is 4. The number of aromatic carboxylic acids is 1. The summed E-state index contributed by atoms with van der Waals surface area (Å²) in [5.41, 5.74) is 0.417. The van der Waals surface area contributed by atoms with Crippen LogP contribution in [0.1, 0.15) is 23.2 Å². The second kappa shape index (κ2) is 4.48. The minimum atomic E-state index is -1.12. The first-order valence-electron chi connectivity index (χ1n) is 5.42. The van der Waals surface area contributed by atoms with E-state index in [9.17, 15) is 9.59 Å². The zero-order chi connectivity index (χ0) is 13.3. The average Bonchev–Trinajstić information content (AvgIpc) is 2.68. The Labute approximate surface area is 103 Å². The van der Waals surface area contributed by atoms with E-state index in [0.29, 0.717) is 11.3 Å².